The highest BCUT2D eigenvalue weighted by molar-refractivity contribution is 7.80. The number of piperazine rings is 1. The summed E-state index contributed by atoms with van der Waals surface area (Å²) in [5.74, 6) is 0.961. The zero-order valence-electron chi connectivity index (χ0n) is 21.7. The summed E-state index contributed by atoms with van der Waals surface area (Å²) in [5.41, 5.74) is 1.31. The van der Waals surface area contributed by atoms with Crippen LogP contribution in [0, 0.1) is 0 Å². The zero-order chi connectivity index (χ0) is 26.4. The lowest BCUT2D eigenvalue weighted by molar-refractivity contribution is -0.124. The summed E-state index contributed by atoms with van der Waals surface area (Å²) < 4.78 is 10.4. The fraction of sp³-hybridized carbons (Fsp3) is 0.444. The maximum Gasteiger partial charge on any atom is 0.256 e. The Morgan fingerprint density at radius 3 is 2.14 bits per heavy atom. The van der Waals surface area contributed by atoms with E-state index < -0.39 is 6.04 Å². The number of hydrogen-bond donors (Lipinski definition) is 1. The molecule has 2 heterocycles. The minimum absolute atomic E-state index is 0.00612. The van der Waals surface area contributed by atoms with Crippen molar-refractivity contribution in [2.45, 2.75) is 18.9 Å². The van der Waals surface area contributed by atoms with E-state index in [2.05, 4.69) is 22.2 Å². The van der Waals surface area contributed by atoms with E-state index in [1.807, 2.05) is 17.0 Å². The second-order valence-electron chi connectivity index (χ2n) is 9.34. The molecule has 0 saturated carbocycles. The van der Waals surface area contributed by atoms with Gasteiger partial charge in [0, 0.05) is 38.4 Å². The third-order valence-corrected chi connectivity index (χ3v) is 7.29. The molecule has 1 atom stereocenters. The predicted molar refractivity (Wildman–Crippen MR) is 148 cm³/mol. The molecule has 0 bridgehead atoms. The number of methoxy groups -OCH3 is 2. The van der Waals surface area contributed by atoms with Gasteiger partial charge in [-0.2, -0.15) is 0 Å². The monoisotopic (exact) mass is 525 g/mol. The summed E-state index contributed by atoms with van der Waals surface area (Å²) in [6.07, 6.45) is 0.857. The van der Waals surface area contributed by atoms with E-state index >= 15 is 0 Å². The summed E-state index contributed by atoms with van der Waals surface area (Å²) in [5, 5.41) is 3.32. The molecule has 2 saturated heterocycles. The average molecular weight is 526 g/mol. The van der Waals surface area contributed by atoms with Gasteiger partial charge in [0.2, 0.25) is 5.91 Å². The third-order valence-electron chi connectivity index (χ3n) is 6.87. The molecule has 0 aliphatic carbocycles. The Morgan fingerprint density at radius 1 is 0.946 bits per heavy atom. The van der Waals surface area contributed by atoms with Gasteiger partial charge >= 0.3 is 0 Å². The van der Waals surface area contributed by atoms with Crippen molar-refractivity contribution in [3.05, 3.63) is 48.5 Å². The molecule has 0 aromatic heterocycles. The van der Waals surface area contributed by atoms with Crippen molar-refractivity contribution >= 4 is 40.5 Å². The van der Waals surface area contributed by atoms with E-state index in [9.17, 15) is 9.59 Å². The Balaban J connectivity index is 1.46. The first-order chi connectivity index (χ1) is 17.9. The largest absolute Gasteiger partial charge is 0.497 e. The Kier molecular flexibility index (Phi) is 8.96. The molecule has 2 aromatic carbocycles. The van der Waals surface area contributed by atoms with Gasteiger partial charge in [-0.1, -0.05) is 0 Å². The van der Waals surface area contributed by atoms with Crippen molar-refractivity contribution in [3.63, 3.8) is 0 Å². The van der Waals surface area contributed by atoms with Crippen molar-refractivity contribution in [1.29, 1.82) is 0 Å². The number of benzene rings is 2. The van der Waals surface area contributed by atoms with Crippen LogP contribution in [0.1, 0.15) is 12.8 Å². The van der Waals surface area contributed by atoms with E-state index in [1.165, 1.54) is 4.90 Å². The highest BCUT2D eigenvalue weighted by Gasteiger charge is 2.43. The molecule has 2 aliphatic rings. The van der Waals surface area contributed by atoms with Crippen molar-refractivity contribution in [1.82, 2.24) is 14.7 Å². The van der Waals surface area contributed by atoms with Crippen LogP contribution in [-0.4, -0.2) is 98.2 Å². The van der Waals surface area contributed by atoms with Crippen molar-refractivity contribution in [2.75, 3.05) is 70.8 Å². The van der Waals surface area contributed by atoms with Gasteiger partial charge < -0.3 is 29.5 Å². The summed E-state index contributed by atoms with van der Waals surface area (Å²) in [6.45, 7) is 5.70. The van der Waals surface area contributed by atoms with Gasteiger partial charge in [0.25, 0.3) is 5.91 Å². The molecule has 2 amide bonds. The number of carbonyl (C=O) groups is 2. The molecular formula is C27H35N5O4S. The molecule has 10 heteroatoms. The maximum absolute atomic E-state index is 13.6. The normalized spacial score (nSPS) is 18.8. The second kappa shape index (κ2) is 12.4. The van der Waals surface area contributed by atoms with Gasteiger partial charge in [-0.05, 0) is 80.8 Å². The SMILES string of the molecule is COc1ccc(NC(=O)CC2C(=O)N(c3ccc(OC)cc3)C(=S)N2CCCN2CCN(C)CC2)cc1. The molecule has 4 rings (SSSR count). The topological polar surface area (TPSA) is 77.6 Å². The lowest BCUT2D eigenvalue weighted by Crippen LogP contribution is -2.45. The number of ether oxygens (including phenoxy) is 2. The van der Waals surface area contributed by atoms with Crippen LogP contribution in [0.15, 0.2) is 48.5 Å². The number of nitrogens with zero attached hydrogens (tertiary/aromatic N) is 4. The first-order valence-corrected chi connectivity index (χ1v) is 12.9. The molecule has 2 fully saturated rings. The van der Waals surface area contributed by atoms with Crippen molar-refractivity contribution < 1.29 is 19.1 Å². The molecular weight excluding hydrogens is 490 g/mol. The van der Waals surface area contributed by atoms with E-state index in [-0.39, 0.29) is 18.2 Å². The molecule has 0 radical (unpaired) electrons. The average Bonchev–Trinajstić information content (AvgIpc) is 3.14. The number of likely N-dealkylation sites (N-methyl/N-ethyl adjacent to an activating group) is 1. The summed E-state index contributed by atoms with van der Waals surface area (Å²) in [7, 11) is 5.33. The number of rotatable bonds is 10. The van der Waals surface area contributed by atoms with E-state index in [4.69, 9.17) is 21.7 Å². The van der Waals surface area contributed by atoms with Crippen LogP contribution in [0.5, 0.6) is 11.5 Å². The predicted octanol–water partition coefficient (Wildman–Crippen LogP) is 2.67. The van der Waals surface area contributed by atoms with Crippen LogP contribution in [0.25, 0.3) is 0 Å². The van der Waals surface area contributed by atoms with Crippen LogP contribution in [0.3, 0.4) is 0 Å². The first-order valence-electron chi connectivity index (χ1n) is 12.5. The van der Waals surface area contributed by atoms with E-state index in [0.29, 0.717) is 34.5 Å². The van der Waals surface area contributed by atoms with Crippen LogP contribution < -0.4 is 19.7 Å². The molecule has 1 unspecified atom stereocenters. The zero-order valence-corrected chi connectivity index (χ0v) is 22.5. The van der Waals surface area contributed by atoms with Gasteiger partial charge in [-0.3, -0.25) is 14.5 Å². The summed E-state index contributed by atoms with van der Waals surface area (Å²) in [4.78, 5) is 34.8. The molecule has 2 aliphatic heterocycles. The molecule has 2 aromatic rings. The molecule has 9 nitrogen and oxygen atoms in total. The van der Waals surface area contributed by atoms with Gasteiger partial charge in [0.05, 0.1) is 26.3 Å². The Hall–Kier alpha value is -3.21. The van der Waals surface area contributed by atoms with Crippen molar-refractivity contribution in [3.8, 4) is 11.5 Å². The maximum atomic E-state index is 13.6. The van der Waals surface area contributed by atoms with Gasteiger partial charge in [-0.25, -0.2) is 0 Å². The first kappa shape index (κ1) is 26.8. The minimum Gasteiger partial charge on any atom is -0.497 e. The quantitative estimate of drug-likeness (QED) is 0.475. The lowest BCUT2D eigenvalue weighted by atomic mass is 10.1. The lowest BCUT2D eigenvalue weighted by Gasteiger charge is -2.33. The number of amides is 2. The van der Waals surface area contributed by atoms with Crippen LogP contribution in [0.4, 0.5) is 11.4 Å². The number of anilines is 2. The second-order valence-corrected chi connectivity index (χ2v) is 9.71. The van der Waals surface area contributed by atoms with Gasteiger partial charge in [-0.15, -0.1) is 0 Å². The van der Waals surface area contributed by atoms with Gasteiger partial charge in [0.1, 0.15) is 17.5 Å². The Labute approximate surface area is 223 Å². The van der Waals surface area contributed by atoms with Crippen LogP contribution in [-0.2, 0) is 9.59 Å². The summed E-state index contributed by atoms with van der Waals surface area (Å²) >= 11 is 5.79. The molecule has 37 heavy (non-hydrogen) atoms. The smallest absolute Gasteiger partial charge is 0.256 e. The molecule has 1 N–H and O–H groups in total. The van der Waals surface area contributed by atoms with E-state index in [1.54, 1.807) is 50.6 Å². The Bertz CT molecular complexity index is 1090. The van der Waals surface area contributed by atoms with Crippen LogP contribution >= 0.6 is 12.2 Å². The highest BCUT2D eigenvalue weighted by atomic mass is 32.1. The Morgan fingerprint density at radius 2 is 1.54 bits per heavy atom. The molecule has 198 valence electrons. The number of thiocarbonyl (C=S) groups is 1. The van der Waals surface area contributed by atoms with Gasteiger partial charge in [0.15, 0.2) is 5.11 Å². The van der Waals surface area contributed by atoms with E-state index in [0.717, 1.165) is 39.1 Å². The fourth-order valence-electron chi connectivity index (χ4n) is 4.65. The number of nitrogens with one attached hydrogen (secondary N) is 1. The fourth-order valence-corrected chi connectivity index (χ4v) is 5.07. The molecule has 0 spiro atoms. The number of carbonyl (C=O) groups excluding carboxylic acids is 2. The summed E-state index contributed by atoms with van der Waals surface area (Å²) in [6, 6.07) is 13.7. The number of hydrogen-bond acceptors (Lipinski definition) is 7. The minimum atomic E-state index is -0.666. The third kappa shape index (κ3) is 6.57. The highest BCUT2D eigenvalue weighted by Crippen LogP contribution is 2.29. The van der Waals surface area contributed by atoms with Crippen LogP contribution in [0.2, 0.25) is 0 Å². The standard InChI is InChI=1S/C27H35N5O4S/c1-29-15-17-30(18-16-29)13-4-14-31-24(19-25(33)28-20-5-9-22(35-2)10-6-20)26(34)32(27(31)37)21-7-11-23(36-3)12-8-21/h5-12,24H,4,13-19H2,1-3H3,(H,28,33). The van der Waals surface area contributed by atoms with Crippen molar-refractivity contribution in [2.24, 2.45) is 0 Å².